The summed E-state index contributed by atoms with van der Waals surface area (Å²) < 4.78 is 6.13. The average Bonchev–Trinajstić information content (AvgIpc) is 3.15. The maximum atomic E-state index is 12.9. The zero-order chi connectivity index (χ0) is 22.7. The molecule has 1 aliphatic heterocycles. The summed E-state index contributed by atoms with van der Waals surface area (Å²) in [6, 6.07) is 14.2. The van der Waals surface area contributed by atoms with E-state index in [2.05, 4.69) is 40.3 Å². The molecule has 0 aliphatic carbocycles. The summed E-state index contributed by atoms with van der Waals surface area (Å²) in [5.74, 6) is 1.46. The maximum Gasteiger partial charge on any atom is 0.225 e. The smallest absolute Gasteiger partial charge is 0.225 e. The van der Waals surface area contributed by atoms with Crippen LogP contribution in [0.2, 0.25) is 0 Å². The number of likely N-dealkylation sites (tertiary alicyclic amines) is 1. The second kappa shape index (κ2) is 9.45. The highest BCUT2D eigenvalue weighted by Gasteiger charge is 2.33. The number of amides is 1. The third kappa shape index (κ3) is 4.88. The van der Waals surface area contributed by atoms with Crippen molar-refractivity contribution in [2.45, 2.75) is 59.5 Å². The van der Waals surface area contributed by atoms with Crippen LogP contribution < -0.4 is 5.32 Å². The monoisotopic (exact) mass is 433 g/mol. The van der Waals surface area contributed by atoms with E-state index in [0.717, 1.165) is 55.9 Å². The van der Waals surface area contributed by atoms with E-state index in [1.165, 1.54) is 10.9 Å². The lowest BCUT2D eigenvalue weighted by molar-refractivity contribution is -0.130. The van der Waals surface area contributed by atoms with Crippen LogP contribution in [-0.2, 0) is 17.8 Å². The second-order valence-electron chi connectivity index (χ2n) is 9.95. The Bertz CT molecular complexity index is 1050. The first kappa shape index (κ1) is 22.5. The van der Waals surface area contributed by atoms with E-state index in [1.807, 2.05) is 51.2 Å². The second-order valence-corrected chi connectivity index (χ2v) is 9.95. The van der Waals surface area contributed by atoms with Crippen LogP contribution in [0.15, 0.2) is 53.1 Å². The first-order chi connectivity index (χ1) is 15.4. The van der Waals surface area contributed by atoms with Gasteiger partial charge in [-0.05, 0) is 43.5 Å². The number of pyridine rings is 1. The van der Waals surface area contributed by atoms with Crippen LogP contribution >= 0.6 is 0 Å². The lowest BCUT2D eigenvalue weighted by atomic mass is 9.86. The number of benzene rings is 1. The number of rotatable bonds is 6. The lowest BCUT2D eigenvalue weighted by Gasteiger charge is -2.38. The molecule has 1 saturated heterocycles. The number of fused-ring (bicyclic) bond motifs is 1. The molecular weight excluding hydrogens is 398 g/mol. The Kier molecular flexibility index (Phi) is 6.66. The van der Waals surface area contributed by atoms with Gasteiger partial charge in [0.15, 0.2) is 0 Å². The Morgan fingerprint density at radius 2 is 2.00 bits per heavy atom. The Labute approximate surface area is 191 Å². The minimum Gasteiger partial charge on any atom is -0.461 e. The van der Waals surface area contributed by atoms with Gasteiger partial charge in [0.1, 0.15) is 11.3 Å². The maximum absolute atomic E-state index is 12.9. The molecule has 170 valence electrons. The van der Waals surface area contributed by atoms with Gasteiger partial charge in [0.05, 0.1) is 11.7 Å². The van der Waals surface area contributed by atoms with E-state index in [4.69, 9.17) is 4.42 Å². The molecule has 1 aromatic carbocycles. The van der Waals surface area contributed by atoms with Crippen molar-refractivity contribution >= 4 is 16.9 Å². The molecule has 0 unspecified atom stereocenters. The summed E-state index contributed by atoms with van der Waals surface area (Å²) >= 11 is 0. The van der Waals surface area contributed by atoms with Crippen LogP contribution in [-0.4, -0.2) is 28.9 Å². The van der Waals surface area contributed by atoms with Crippen molar-refractivity contribution in [3.63, 3.8) is 0 Å². The number of hydrogen-bond donors (Lipinski definition) is 1. The number of carbonyl (C=O) groups is 1. The number of aromatic nitrogens is 1. The molecule has 0 bridgehead atoms. The van der Waals surface area contributed by atoms with Crippen LogP contribution in [0.25, 0.3) is 11.0 Å². The number of para-hydroxylation sites is 1. The number of piperidine rings is 1. The third-order valence-electron chi connectivity index (χ3n) is 6.47. The van der Waals surface area contributed by atoms with Crippen molar-refractivity contribution in [1.29, 1.82) is 0 Å². The van der Waals surface area contributed by atoms with E-state index in [0.29, 0.717) is 5.92 Å². The van der Waals surface area contributed by atoms with Crippen molar-refractivity contribution in [3.8, 4) is 0 Å². The summed E-state index contributed by atoms with van der Waals surface area (Å²) in [7, 11) is 0. The third-order valence-corrected chi connectivity index (χ3v) is 6.47. The zero-order valence-electron chi connectivity index (χ0n) is 19.7. The summed E-state index contributed by atoms with van der Waals surface area (Å²) in [5, 5.41) is 4.54. The summed E-state index contributed by atoms with van der Waals surface area (Å²) in [6.45, 7) is 10.9. The Morgan fingerprint density at radius 3 is 2.72 bits per heavy atom. The molecular formula is C27H35N3O2. The molecule has 4 rings (SSSR count). The first-order valence-corrected chi connectivity index (χ1v) is 11.8. The molecule has 0 spiro atoms. The SMILES string of the molecule is CCc1oc2ccccc2c1CN1CCC[C@H]([C@@H](NC(=O)C(C)(C)C)c2ccccn2)C1. The van der Waals surface area contributed by atoms with Crippen LogP contribution in [0.1, 0.15) is 63.6 Å². The molecule has 1 fully saturated rings. The van der Waals surface area contributed by atoms with Gasteiger partial charge in [0.2, 0.25) is 5.91 Å². The van der Waals surface area contributed by atoms with E-state index in [1.54, 1.807) is 0 Å². The van der Waals surface area contributed by atoms with Crippen molar-refractivity contribution < 1.29 is 9.21 Å². The van der Waals surface area contributed by atoms with Crippen LogP contribution in [0.3, 0.4) is 0 Å². The molecule has 5 heteroatoms. The average molecular weight is 434 g/mol. The first-order valence-electron chi connectivity index (χ1n) is 11.8. The van der Waals surface area contributed by atoms with Crippen molar-refractivity contribution in [2.75, 3.05) is 13.1 Å². The molecule has 2 atom stereocenters. The fourth-order valence-corrected chi connectivity index (χ4v) is 4.69. The molecule has 0 radical (unpaired) electrons. The summed E-state index contributed by atoms with van der Waals surface area (Å²) in [6.07, 6.45) is 4.89. The molecule has 1 aliphatic rings. The van der Waals surface area contributed by atoms with Gasteiger partial charge in [0, 0.05) is 42.1 Å². The van der Waals surface area contributed by atoms with E-state index < -0.39 is 5.41 Å². The van der Waals surface area contributed by atoms with Gasteiger partial charge >= 0.3 is 0 Å². The Hall–Kier alpha value is -2.66. The highest BCUT2D eigenvalue weighted by molar-refractivity contribution is 5.82. The lowest BCUT2D eigenvalue weighted by Crippen LogP contribution is -2.45. The minimum absolute atomic E-state index is 0.0689. The predicted octanol–water partition coefficient (Wildman–Crippen LogP) is 5.51. The van der Waals surface area contributed by atoms with Gasteiger partial charge in [-0.1, -0.05) is 52.0 Å². The number of hydrogen-bond acceptors (Lipinski definition) is 4. The van der Waals surface area contributed by atoms with Gasteiger partial charge < -0.3 is 9.73 Å². The fourth-order valence-electron chi connectivity index (χ4n) is 4.69. The van der Waals surface area contributed by atoms with E-state index in [-0.39, 0.29) is 11.9 Å². The number of furan rings is 1. The molecule has 1 N–H and O–H groups in total. The fraction of sp³-hybridized carbons (Fsp3) is 0.481. The van der Waals surface area contributed by atoms with Gasteiger partial charge in [-0.3, -0.25) is 14.7 Å². The molecule has 3 heterocycles. The Balaban J connectivity index is 1.57. The molecule has 3 aromatic rings. The molecule has 5 nitrogen and oxygen atoms in total. The highest BCUT2D eigenvalue weighted by Crippen LogP contribution is 2.33. The topological polar surface area (TPSA) is 58.4 Å². The number of nitrogens with zero attached hydrogens (tertiary/aromatic N) is 2. The van der Waals surface area contributed by atoms with Crippen molar-refractivity contribution in [3.05, 3.63) is 65.7 Å². The van der Waals surface area contributed by atoms with Crippen LogP contribution in [0.5, 0.6) is 0 Å². The highest BCUT2D eigenvalue weighted by atomic mass is 16.3. The molecule has 32 heavy (non-hydrogen) atoms. The van der Waals surface area contributed by atoms with Gasteiger partial charge in [-0.25, -0.2) is 0 Å². The van der Waals surface area contributed by atoms with Crippen LogP contribution in [0.4, 0.5) is 0 Å². The van der Waals surface area contributed by atoms with E-state index in [9.17, 15) is 4.79 Å². The van der Waals surface area contributed by atoms with Gasteiger partial charge in [0.25, 0.3) is 0 Å². The molecule has 0 saturated carbocycles. The van der Waals surface area contributed by atoms with Crippen LogP contribution in [0, 0.1) is 11.3 Å². The van der Waals surface area contributed by atoms with Crippen molar-refractivity contribution in [1.82, 2.24) is 15.2 Å². The van der Waals surface area contributed by atoms with E-state index >= 15 is 0 Å². The van der Waals surface area contributed by atoms with Gasteiger partial charge in [-0.15, -0.1) is 0 Å². The minimum atomic E-state index is -0.437. The number of nitrogens with one attached hydrogen (secondary N) is 1. The zero-order valence-corrected chi connectivity index (χ0v) is 19.7. The largest absolute Gasteiger partial charge is 0.461 e. The Morgan fingerprint density at radius 1 is 1.22 bits per heavy atom. The summed E-state index contributed by atoms with van der Waals surface area (Å²) in [4.78, 5) is 20.0. The quantitative estimate of drug-likeness (QED) is 0.557. The normalized spacial score (nSPS) is 18.6. The summed E-state index contributed by atoms with van der Waals surface area (Å²) in [5.41, 5.74) is 2.78. The number of aryl methyl sites for hydroxylation is 1. The standard InChI is InChI=1S/C27H35N3O2/c1-5-23-21(20-12-6-7-14-24(20)32-23)18-30-16-10-11-19(17-30)25(22-13-8-9-15-28-22)29-26(31)27(2,3)4/h6-9,12-15,19,25H,5,10-11,16-18H2,1-4H3,(H,29,31)/t19-,25+/m0/s1. The number of carbonyl (C=O) groups excluding carboxylic acids is 1. The van der Waals surface area contributed by atoms with Gasteiger partial charge in [-0.2, -0.15) is 0 Å². The molecule has 1 amide bonds. The molecule has 2 aromatic heterocycles. The van der Waals surface area contributed by atoms with Crippen molar-refractivity contribution in [2.24, 2.45) is 11.3 Å². The predicted molar refractivity (Wildman–Crippen MR) is 128 cm³/mol.